The number of rotatable bonds is 2. The minimum atomic E-state index is 0.948. The summed E-state index contributed by atoms with van der Waals surface area (Å²) in [4.78, 5) is 14.0. The molecule has 2 aromatic heterocycles. The third kappa shape index (κ3) is 2.42. The Kier molecular flexibility index (Phi) is 3.41. The Morgan fingerprint density at radius 2 is 1.65 bits per heavy atom. The SMILES string of the molecule is Cc1ccccc1N1CCN(c2nc3cccnc3n2C)CC1. The molecule has 0 unspecified atom stereocenters. The molecule has 5 heteroatoms. The number of para-hydroxylation sites is 1. The maximum Gasteiger partial charge on any atom is 0.207 e. The summed E-state index contributed by atoms with van der Waals surface area (Å²) in [5, 5.41) is 0. The summed E-state index contributed by atoms with van der Waals surface area (Å²) in [5.41, 5.74) is 4.60. The summed E-state index contributed by atoms with van der Waals surface area (Å²) in [5.74, 6) is 1.02. The molecule has 1 aliphatic heterocycles. The number of aromatic nitrogens is 3. The molecule has 0 atom stereocenters. The van der Waals surface area contributed by atoms with Gasteiger partial charge in [0.15, 0.2) is 5.65 Å². The van der Waals surface area contributed by atoms with Crippen molar-refractivity contribution in [3.05, 3.63) is 48.2 Å². The molecule has 0 radical (unpaired) electrons. The van der Waals surface area contributed by atoms with Crippen molar-refractivity contribution < 1.29 is 0 Å². The Morgan fingerprint density at radius 3 is 2.39 bits per heavy atom. The van der Waals surface area contributed by atoms with Gasteiger partial charge in [0.1, 0.15) is 5.52 Å². The maximum absolute atomic E-state index is 4.76. The Hall–Kier alpha value is -2.56. The highest BCUT2D eigenvalue weighted by atomic mass is 15.4. The number of benzene rings is 1. The lowest BCUT2D eigenvalue weighted by molar-refractivity contribution is 0.631. The number of hydrogen-bond acceptors (Lipinski definition) is 4. The Balaban J connectivity index is 1.55. The zero-order valence-corrected chi connectivity index (χ0v) is 13.6. The predicted molar refractivity (Wildman–Crippen MR) is 94.1 cm³/mol. The van der Waals surface area contributed by atoms with Crippen molar-refractivity contribution in [1.29, 1.82) is 0 Å². The van der Waals surface area contributed by atoms with E-state index in [1.54, 1.807) is 0 Å². The molecule has 0 saturated carbocycles. The minimum absolute atomic E-state index is 0.948. The molecule has 0 aliphatic carbocycles. The summed E-state index contributed by atoms with van der Waals surface area (Å²) in [7, 11) is 2.05. The van der Waals surface area contributed by atoms with Crippen molar-refractivity contribution in [1.82, 2.24) is 14.5 Å². The molecular formula is C18H21N5. The van der Waals surface area contributed by atoms with E-state index in [0.29, 0.717) is 0 Å². The van der Waals surface area contributed by atoms with Gasteiger partial charge in [-0.15, -0.1) is 0 Å². The fourth-order valence-electron chi connectivity index (χ4n) is 3.36. The average molecular weight is 307 g/mol. The second-order valence-electron chi connectivity index (χ2n) is 6.08. The smallest absolute Gasteiger partial charge is 0.207 e. The van der Waals surface area contributed by atoms with Crippen LogP contribution in [0.5, 0.6) is 0 Å². The van der Waals surface area contributed by atoms with Gasteiger partial charge in [-0.2, -0.15) is 0 Å². The van der Waals surface area contributed by atoms with Gasteiger partial charge in [0.25, 0.3) is 0 Å². The molecule has 3 aromatic rings. The highest BCUT2D eigenvalue weighted by Gasteiger charge is 2.22. The van der Waals surface area contributed by atoms with Crippen LogP contribution in [0.2, 0.25) is 0 Å². The van der Waals surface area contributed by atoms with Crippen LogP contribution in [0.25, 0.3) is 11.2 Å². The molecular weight excluding hydrogens is 286 g/mol. The first kappa shape index (κ1) is 14.1. The second-order valence-corrected chi connectivity index (χ2v) is 6.08. The Morgan fingerprint density at radius 1 is 0.913 bits per heavy atom. The van der Waals surface area contributed by atoms with Crippen LogP contribution in [0, 0.1) is 6.92 Å². The highest BCUT2D eigenvalue weighted by molar-refractivity contribution is 5.74. The lowest BCUT2D eigenvalue weighted by Gasteiger charge is -2.37. The first-order valence-corrected chi connectivity index (χ1v) is 8.07. The molecule has 3 heterocycles. The number of anilines is 2. The number of hydrogen-bond donors (Lipinski definition) is 0. The van der Waals surface area contributed by atoms with Gasteiger partial charge in [0, 0.05) is 45.1 Å². The van der Waals surface area contributed by atoms with E-state index in [9.17, 15) is 0 Å². The van der Waals surface area contributed by atoms with E-state index in [1.807, 2.05) is 25.4 Å². The summed E-state index contributed by atoms with van der Waals surface area (Å²) in [6.07, 6.45) is 1.82. The van der Waals surface area contributed by atoms with Crippen LogP contribution in [0.4, 0.5) is 11.6 Å². The Bertz CT molecular complexity index is 830. The number of fused-ring (bicyclic) bond motifs is 1. The molecule has 23 heavy (non-hydrogen) atoms. The number of piperazine rings is 1. The molecule has 1 saturated heterocycles. The molecule has 0 bridgehead atoms. The van der Waals surface area contributed by atoms with E-state index >= 15 is 0 Å². The van der Waals surface area contributed by atoms with Crippen LogP contribution in [0.3, 0.4) is 0 Å². The van der Waals surface area contributed by atoms with Gasteiger partial charge in [0.05, 0.1) is 0 Å². The van der Waals surface area contributed by atoms with E-state index < -0.39 is 0 Å². The van der Waals surface area contributed by atoms with Gasteiger partial charge in [0.2, 0.25) is 5.95 Å². The van der Waals surface area contributed by atoms with Crippen LogP contribution >= 0.6 is 0 Å². The zero-order chi connectivity index (χ0) is 15.8. The molecule has 1 aromatic carbocycles. The summed E-state index contributed by atoms with van der Waals surface area (Å²) < 4.78 is 2.10. The van der Waals surface area contributed by atoms with Crippen molar-refractivity contribution >= 4 is 22.8 Å². The highest BCUT2D eigenvalue weighted by Crippen LogP contribution is 2.24. The second kappa shape index (κ2) is 5.57. The van der Waals surface area contributed by atoms with E-state index in [4.69, 9.17) is 4.98 Å². The predicted octanol–water partition coefficient (Wildman–Crippen LogP) is 2.60. The number of pyridine rings is 1. The molecule has 5 nitrogen and oxygen atoms in total. The van der Waals surface area contributed by atoms with Crippen LogP contribution in [0.1, 0.15) is 5.56 Å². The average Bonchev–Trinajstić information content (AvgIpc) is 2.93. The summed E-state index contributed by atoms with van der Waals surface area (Å²) >= 11 is 0. The molecule has 0 spiro atoms. The lowest BCUT2D eigenvalue weighted by Crippen LogP contribution is -2.47. The van der Waals surface area contributed by atoms with Crippen LogP contribution in [0.15, 0.2) is 42.6 Å². The lowest BCUT2D eigenvalue weighted by atomic mass is 10.1. The molecule has 0 amide bonds. The molecule has 1 fully saturated rings. The van der Waals surface area contributed by atoms with Crippen LogP contribution in [-0.2, 0) is 7.05 Å². The number of nitrogens with zero attached hydrogens (tertiary/aromatic N) is 5. The standard InChI is InChI=1S/C18H21N5/c1-14-6-3-4-8-16(14)22-10-12-23(13-11-22)18-20-15-7-5-9-19-17(15)21(18)2/h3-9H,10-13H2,1-2H3. The van der Waals surface area contributed by atoms with Gasteiger partial charge in [-0.05, 0) is 30.7 Å². The van der Waals surface area contributed by atoms with Gasteiger partial charge < -0.3 is 9.80 Å². The number of imidazole rings is 1. The fourth-order valence-corrected chi connectivity index (χ4v) is 3.36. The third-order valence-electron chi connectivity index (χ3n) is 4.62. The first-order chi connectivity index (χ1) is 11.2. The van der Waals surface area contributed by atoms with E-state index in [0.717, 1.165) is 43.3 Å². The topological polar surface area (TPSA) is 37.2 Å². The van der Waals surface area contributed by atoms with Gasteiger partial charge in [-0.1, -0.05) is 18.2 Å². The van der Waals surface area contributed by atoms with Crippen molar-refractivity contribution in [3.63, 3.8) is 0 Å². The maximum atomic E-state index is 4.76. The van der Waals surface area contributed by atoms with Crippen LogP contribution in [-0.4, -0.2) is 40.7 Å². The van der Waals surface area contributed by atoms with E-state index in [2.05, 4.69) is 50.5 Å². The van der Waals surface area contributed by atoms with Gasteiger partial charge in [-0.3, -0.25) is 4.57 Å². The van der Waals surface area contributed by atoms with Crippen LogP contribution < -0.4 is 9.80 Å². The Labute approximate surface area is 136 Å². The van der Waals surface area contributed by atoms with Crippen molar-refractivity contribution in [2.45, 2.75) is 6.92 Å². The quantitative estimate of drug-likeness (QED) is 0.729. The van der Waals surface area contributed by atoms with Gasteiger partial charge >= 0.3 is 0 Å². The molecule has 4 rings (SSSR count). The zero-order valence-electron chi connectivity index (χ0n) is 13.6. The third-order valence-corrected chi connectivity index (χ3v) is 4.62. The van der Waals surface area contributed by atoms with Crippen molar-refractivity contribution in [2.24, 2.45) is 7.05 Å². The largest absolute Gasteiger partial charge is 0.368 e. The van der Waals surface area contributed by atoms with E-state index in [-0.39, 0.29) is 0 Å². The summed E-state index contributed by atoms with van der Waals surface area (Å²) in [6, 6.07) is 12.6. The van der Waals surface area contributed by atoms with Crippen molar-refractivity contribution in [3.8, 4) is 0 Å². The summed E-state index contributed by atoms with van der Waals surface area (Å²) in [6.45, 7) is 6.17. The monoisotopic (exact) mass is 307 g/mol. The fraction of sp³-hybridized carbons (Fsp3) is 0.333. The normalized spacial score (nSPS) is 15.4. The van der Waals surface area contributed by atoms with E-state index in [1.165, 1.54) is 11.3 Å². The van der Waals surface area contributed by atoms with Gasteiger partial charge in [-0.25, -0.2) is 9.97 Å². The van der Waals surface area contributed by atoms with Crippen molar-refractivity contribution in [2.75, 3.05) is 36.0 Å². The molecule has 118 valence electrons. The minimum Gasteiger partial charge on any atom is -0.368 e. The molecule has 1 aliphatic rings. The molecule has 0 N–H and O–H groups in total. The first-order valence-electron chi connectivity index (χ1n) is 8.07. The number of aryl methyl sites for hydroxylation is 2.